The van der Waals surface area contributed by atoms with Crippen molar-refractivity contribution in [2.75, 3.05) is 45.3 Å². The second-order valence-corrected chi connectivity index (χ2v) is 8.26. The molecule has 0 aliphatic carbocycles. The Labute approximate surface area is 202 Å². The fourth-order valence-corrected chi connectivity index (χ4v) is 4.43. The Morgan fingerprint density at radius 3 is 2.14 bits per heavy atom. The number of benzene rings is 3. The number of carbonyl (C=O) groups is 1. The van der Waals surface area contributed by atoms with Gasteiger partial charge in [-0.05, 0) is 42.5 Å². The van der Waals surface area contributed by atoms with E-state index in [4.69, 9.17) is 9.47 Å². The number of amides is 1. The van der Waals surface area contributed by atoms with E-state index in [1.165, 1.54) is 4.68 Å². The highest BCUT2D eigenvalue weighted by Crippen LogP contribution is 2.24. The van der Waals surface area contributed by atoms with Crippen molar-refractivity contribution in [1.82, 2.24) is 14.7 Å². The molecule has 0 atom stereocenters. The topological polar surface area (TPSA) is 76.9 Å². The maximum atomic E-state index is 13.7. The number of hydrogen-bond donors (Lipinski definition) is 0. The molecule has 4 aromatic rings. The molecule has 8 heteroatoms. The van der Waals surface area contributed by atoms with E-state index in [9.17, 15) is 9.59 Å². The third-order valence-corrected chi connectivity index (χ3v) is 6.33. The van der Waals surface area contributed by atoms with Crippen LogP contribution in [-0.2, 0) is 0 Å². The number of carbonyl (C=O) groups excluding carboxylic acids is 1. The zero-order chi connectivity index (χ0) is 24.4. The van der Waals surface area contributed by atoms with Crippen LogP contribution in [0.2, 0.25) is 0 Å². The fourth-order valence-electron chi connectivity index (χ4n) is 4.43. The van der Waals surface area contributed by atoms with E-state index >= 15 is 0 Å². The second-order valence-electron chi connectivity index (χ2n) is 8.26. The summed E-state index contributed by atoms with van der Waals surface area (Å²) in [5.74, 6) is 1.12. The van der Waals surface area contributed by atoms with Gasteiger partial charge in [-0.3, -0.25) is 9.59 Å². The number of piperazine rings is 1. The predicted molar refractivity (Wildman–Crippen MR) is 135 cm³/mol. The Bertz CT molecular complexity index is 1420. The molecule has 0 N–H and O–H groups in total. The maximum absolute atomic E-state index is 13.7. The van der Waals surface area contributed by atoms with E-state index in [-0.39, 0.29) is 17.2 Å². The lowest BCUT2D eigenvalue weighted by Gasteiger charge is -2.36. The fraction of sp³-hybridized carbons (Fsp3) is 0.222. The number of hydrogen-bond acceptors (Lipinski definition) is 6. The van der Waals surface area contributed by atoms with E-state index < -0.39 is 0 Å². The van der Waals surface area contributed by atoms with Crippen LogP contribution in [0, 0.1) is 0 Å². The van der Waals surface area contributed by atoms with Crippen LogP contribution in [-0.4, -0.2) is 61.0 Å². The molecular weight excluding hydrogens is 444 g/mol. The summed E-state index contributed by atoms with van der Waals surface area (Å²) in [6.45, 7) is 2.49. The maximum Gasteiger partial charge on any atom is 0.279 e. The summed E-state index contributed by atoms with van der Waals surface area (Å²) < 4.78 is 12.0. The molecule has 5 rings (SSSR count). The minimum absolute atomic E-state index is 0.195. The van der Waals surface area contributed by atoms with E-state index in [1.807, 2.05) is 36.4 Å². The minimum Gasteiger partial charge on any atom is -0.497 e. The standard InChI is InChI=1S/C27H26N4O4/c1-34-20-13-11-19(12-14-20)29-15-17-30(18-16-29)27(33)25-21-7-3-4-8-22(21)26(32)31(28-25)23-9-5-6-10-24(23)35-2/h3-14H,15-18H2,1-2H3. The van der Waals surface area contributed by atoms with Crippen LogP contribution in [0.15, 0.2) is 77.6 Å². The summed E-state index contributed by atoms with van der Waals surface area (Å²) in [5, 5.41) is 5.54. The first-order valence-electron chi connectivity index (χ1n) is 11.4. The third-order valence-electron chi connectivity index (χ3n) is 6.33. The lowest BCUT2D eigenvalue weighted by atomic mass is 10.1. The van der Waals surface area contributed by atoms with Gasteiger partial charge in [0.15, 0.2) is 5.69 Å². The van der Waals surface area contributed by atoms with E-state index in [0.29, 0.717) is 48.4 Å². The average Bonchev–Trinajstić information content (AvgIpc) is 2.93. The molecule has 0 bridgehead atoms. The van der Waals surface area contributed by atoms with Crippen molar-refractivity contribution in [3.63, 3.8) is 0 Å². The van der Waals surface area contributed by atoms with Gasteiger partial charge in [0, 0.05) is 37.3 Å². The molecular formula is C27H26N4O4. The molecule has 3 aromatic carbocycles. The zero-order valence-corrected chi connectivity index (χ0v) is 19.7. The number of anilines is 1. The molecule has 0 spiro atoms. The number of ether oxygens (including phenoxy) is 2. The van der Waals surface area contributed by atoms with Crippen molar-refractivity contribution in [2.45, 2.75) is 0 Å². The van der Waals surface area contributed by atoms with E-state index in [0.717, 1.165) is 11.4 Å². The van der Waals surface area contributed by atoms with Crippen molar-refractivity contribution < 1.29 is 14.3 Å². The summed E-state index contributed by atoms with van der Waals surface area (Å²) >= 11 is 0. The van der Waals surface area contributed by atoms with Crippen LogP contribution in [0.4, 0.5) is 5.69 Å². The number of methoxy groups -OCH3 is 2. The lowest BCUT2D eigenvalue weighted by Crippen LogP contribution is -2.49. The summed E-state index contributed by atoms with van der Waals surface area (Å²) in [6.07, 6.45) is 0. The summed E-state index contributed by atoms with van der Waals surface area (Å²) in [4.78, 5) is 31.0. The Morgan fingerprint density at radius 2 is 1.46 bits per heavy atom. The quantitative estimate of drug-likeness (QED) is 0.445. The number of nitrogens with zero attached hydrogens (tertiary/aromatic N) is 4. The monoisotopic (exact) mass is 470 g/mol. The van der Waals surface area contributed by atoms with Crippen LogP contribution in [0.5, 0.6) is 11.5 Å². The van der Waals surface area contributed by atoms with Crippen LogP contribution in [0.1, 0.15) is 10.5 Å². The van der Waals surface area contributed by atoms with Gasteiger partial charge in [-0.25, -0.2) is 0 Å². The van der Waals surface area contributed by atoms with E-state index in [1.54, 1.807) is 55.5 Å². The predicted octanol–water partition coefficient (Wildman–Crippen LogP) is 3.37. The van der Waals surface area contributed by atoms with Gasteiger partial charge in [0.2, 0.25) is 0 Å². The van der Waals surface area contributed by atoms with Gasteiger partial charge in [0.1, 0.15) is 17.2 Å². The minimum atomic E-state index is -0.300. The van der Waals surface area contributed by atoms with Crippen molar-refractivity contribution in [2.24, 2.45) is 0 Å². The molecule has 0 unspecified atom stereocenters. The van der Waals surface area contributed by atoms with Gasteiger partial charge in [0.05, 0.1) is 19.6 Å². The Kier molecular flexibility index (Phi) is 6.10. The zero-order valence-electron chi connectivity index (χ0n) is 19.7. The molecule has 8 nitrogen and oxygen atoms in total. The normalized spacial score (nSPS) is 13.7. The Balaban J connectivity index is 1.47. The molecule has 0 radical (unpaired) electrons. The van der Waals surface area contributed by atoms with Crippen molar-refractivity contribution in [3.8, 4) is 17.2 Å². The van der Waals surface area contributed by atoms with E-state index in [2.05, 4.69) is 10.00 Å². The van der Waals surface area contributed by atoms with Crippen molar-refractivity contribution in [1.29, 1.82) is 0 Å². The number of rotatable bonds is 5. The van der Waals surface area contributed by atoms with Gasteiger partial charge >= 0.3 is 0 Å². The highest BCUT2D eigenvalue weighted by Gasteiger charge is 2.26. The Morgan fingerprint density at radius 1 is 0.800 bits per heavy atom. The molecule has 1 fully saturated rings. The first kappa shape index (κ1) is 22.5. The average molecular weight is 471 g/mol. The van der Waals surface area contributed by atoms with Gasteiger partial charge in [-0.2, -0.15) is 9.78 Å². The smallest absolute Gasteiger partial charge is 0.279 e. The number of para-hydroxylation sites is 2. The Hall–Kier alpha value is -4.33. The molecule has 1 aromatic heterocycles. The first-order chi connectivity index (χ1) is 17.1. The molecule has 1 aliphatic heterocycles. The highest BCUT2D eigenvalue weighted by molar-refractivity contribution is 6.05. The summed E-state index contributed by atoms with van der Waals surface area (Å²) in [6, 6.07) is 22.2. The van der Waals surface area contributed by atoms with Gasteiger partial charge in [-0.1, -0.05) is 30.3 Å². The summed E-state index contributed by atoms with van der Waals surface area (Å²) in [7, 11) is 3.19. The third kappa shape index (κ3) is 4.19. The molecule has 0 saturated carbocycles. The van der Waals surface area contributed by atoms with Crippen molar-refractivity contribution >= 4 is 22.4 Å². The van der Waals surface area contributed by atoms with Crippen molar-refractivity contribution in [3.05, 3.63) is 88.8 Å². The van der Waals surface area contributed by atoms with Gasteiger partial charge in [-0.15, -0.1) is 0 Å². The SMILES string of the molecule is COc1ccc(N2CCN(C(=O)c3nn(-c4ccccc4OC)c(=O)c4ccccc34)CC2)cc1. The number of aromatic nitrogens is 2. The molecule has 2 heterocycles. The highest BCUT2D eigenvalue weighted by atomic mass is 16.5. The molecule has 1 saturated heterocycles. The molecule has 1 aliphatic rings. The van der Waals surface area contributed by atoms with Crippen LogP contribution in [0.25, 0.3) is 16.5 Å². The number of fused-ring (bicyclic) bond motifs is 1. The largest absolute Gasteiger partial charge is 0.497 e. The molecule has 35 heavy (non-hydrogen) atoms. The molecule has 178 valence electrons. The van der Waals surface area contributed by atoms with Crippen LogP contribution in [0.3, 0.4) is 0 Å². The van der Waals surface area contributed by atoms with Gasteiger partial charge in [0.25, 0.3) is 11.5 Å². The molecule has 1 amide bonds. The second kappa shape index (κ2) is 9.50. The first-order valence-corrected chi connectivity index (χ1v) is 11.4. The van der Waals surface area contributed by atoms with Crippen LogP contribution < -0.4 is 19.9 Å². The lowest BCUT2D eigenvalue weighted by molar-refractivity contribution is 0.0741. The van der Waals surface area contributed by atoms with Gasteiger partial charge < -0.3 is 19.3 Å². The summed E-state index contributed by atoms with van der Waals surface area (Å²) in [5.41, 5.74) is 1.53. The van der Waals surface area contributed by atoms with Crippen LogP contribution >= 0.6 is 0 Å².